The quantitative estimate of drug-likeness (QED) is 0.447. The van der Waals surface area contributed by atoms with Crippen LogP contribution >= 0.6 is 11.8 Å². The fraction of sp³-hybridized carbons (Fsp3) is 0.211. The third kappa shape index (κ3) is 4.40. The standard InChI is InChI=1S/C19H18N2O5S/c1-23-15-8-7-13(10-16(15)24-2)17-20-21-19(26-17)27-11-12-5-4-6-14(9-12)18(22)25-3/h4-10H,11H2,1-3H3. The number of carbonyl (C=O) groups excluding carboxylic acids is 1. The highest BCUT2D eigenvalue weighted by Gasteiger charge is 2.13. The number of nitrogens with zero attached hydrogens (tertiary/aromatic N) is 2. The molecule has 0 amide bonds. The summed E-state index contributed by atoms with van der Waals surface area (Å²) in [5.74, 6) is 1.82. The lowest BCUT2D eigenvalue weighted by Gasteiger charge is -2.07. The molecule has 0 saturated heterocycles. The minimum Gasteiger partial charge on any atom is -0.493 e. The molecule has 0 fully saturated rings. The summed E-state index contributed by atoms with van der Waals surface area (Å²) < 4.78 is 21.0. The van der Waals surface area contributed by atoms with Gasteiger partial charge in [-0.3, -0.25) is 0 Å². The zero-order valence-corrected chi connectivity index (χ0v) is 15.9. The normalized spacial score (nSPS) is 10.5. The van der Waals surface area contributed by atoms with E-state index in [1.807, 2.05) is 18.2 Å². The van der Waals surface area contributed by atoms with Crippen LogP contribution < -0.4 is 9.47 Å². The molecule has 1 aromatic heterocycles. The largest absolute Gasteiger partial charge is 0.493 e. The molecule has 3 aromatic rings. The number of hydrogen-bond donors (Lipinski definition) is 0. The van der Waals surface area contributed by atoms with E-state index in [4.69, 9.17) is 18.6 Å². The molecule has 0 radical (unpaired) electrons. The number of thioether (sulfide) groups is 1. The number of rotatable bonds is 7. The lowest BCUT2D eigenvalue weighted by Crippen LogP contribution is -2.01. The maximum absolute atomic E-state index is 11.6. The lowest BCUT2D eigenvalue weighted by atomic mass is 10.1. The molecule has 1 heterocycles. The van der Waals surface area contributed by atoms with Gasteiger partial charge in [0.2, 0.25) is 5.89 Å². The van der Waals surface area contributed by atoms with Crippen LogP contribution in [0, 0.1) is 0 Å². The molecule has 0 N–H and O–H groups in total. The Labute approximate surface area is 160 Å². The van der Waals surface area contributed by atoms with Crippen LogP contribution in [0.3, 0.4) is 0 Å². The van der Waals surface area contributed by atoms with Crippen molar-refractivity contribution in [2.75, 3.05) is 21.3 Å². The predicted molar refractivity (Wildman–Crippen MR) is 100 cm³/mol. The van der Waals surface area contributed by atoms with Gasteiger partial charge in [-0.15, -0.1) is 10.2 Å². The summed E-state index contributed by atoms with van der Waals surface area (Å²) in [6.45, 7) is 0. The van der Waals surface area contributed by atoms with Gasteiger partial charge in [-0.05, 0) is 35.9 Å². The smallest absolute Gasteiger partial charge is 0.337 e. The van der Waals surface area contributed by atoms with E-state index in [1.54, 1.807) is 38.5 Å². The van der Waals surface area contributed by atoms with E-state index < -0.39 is 0 Å². The fourth-order valence-corrected chi connectivity index (χ4v) is 3.11. The fourth-order valence-electron chi connectivity index (χ4n) is 2.41. The first kappa shape index (κ1) is 18.8. The summed E-state index contributed by atoms with van der Waals surface area (Å²) in [5.41, 5.74) is 2.20. The molecule has 3 rings (SSSR count). The Balaban J connectivity index is 1.71. The average Bonchev–Trinajstić information content (AvgIpc) is 3.20. The van der Waals surface area contributed by atoms with Gasteiger partial charge >= 0.3 is 5.97 Å². The summed E-state index contributed by atoms with van der Waals surface area (Å²) in [6.07, 6.45) is 0. The maximum atomic E-state index is 11.6. The second kappa shape index (κ2) is 8.59. The number of hydrogen-bond acceptors (Lipinski definition) is 8. The van der Waals surface area contributed by atoms with Gasteiger partial charge in [0.1, 0.15) is 0 Å². The van der Waals surface area contributed by atoms with E-state index in [9.17, 15) is 4.79 Å². The van der Waals surface area contributed by atoms with Gasteiger partial charge < -0.3 is 18.6 Å². The van der Waals surface area contributed by atoms with Gasteiger partial charge in [-0.1, -0.05) is 23.9 Å². The highest BCUT2D eigenvalue weighted by Crippen LogP contribution is 2.33. The van der Waals surface area contributed by atoms with E-state index in [2.05, 4.69) is 10.2 Å². The summed E-state index contributed by atoms with van der Waals surface area (Å²) in [4.78, 5) is 11.6. The molecule has 0 bridgehead atoms. The van der Waals surface area contributed by atoms with E-state index in [0.29, 0.717) is 33.9 Å². The van der Waals surface area contributed by atoms with Gasteiger partial charge in [-0.25, -0.2) is 4.79 Å². The van der Waals surface area contributed by atoms with Gasteiger partial charge in [0.25, 0.3) is 5.22 Å². The van der Waals surface area contributed by atoms with Crippen LogP contribution in [-0.2, 0) is 10.5 Å². The maximum Gasteiger partial charge on any atom is 0.337 e. The summed E-state index contributed by atoms with van der Waals surface area (Å²) >= 11 is 1.39. The first-order valence-electron chi connectivity index (χ1n) is 8.00. The van der Waals surface area contributed by atoms with Gasteiger partial charge in [-0.2, -0.15) is 0 Å². The van der Waals surface area contributed by atoms with Crippen LogP contribution in [0.15, 0.2) is 52.1 Å². The van der Waals surface area contributed by atoms with Gasteiger partial charge in [0.15, 0.2) is 11.5 Å². The molecular weight excluding hydrogens is 368 g/mol. The van der Waals surface area contributed by atoms with Crippen LogP contribution in [0.5, 0.6) is 11.5 Å². The molecule has 0 aliphatic carbocycles. The van der Waals surface area contributed by atoms with Gasteiger partial charge in [0, 0.05) is 11.3 Å². The lowest BCUT2D eigenvalue weighted by molar-refractivity contribution is 0.0600. The van der Waals surface area contributed by atoms with Crippen LogP contribution in [-0.4, -0.2) is 37.5 Å². The Morgan fingerprint density at radius 1 is 1.04 bits per heavy atom. The first-order valence-corrected chi connectivity index (χ1v) is 8.99. The Bertz CT molecular complexity index is 941. The minimum absolute atomic E-state index is 0.365. The van der Waals surface area contributed by atoms with Gasteiger partial charge in [0.05, 0.1) is 26.9 Å². The minimum atomic E-state index is -0.365. The van der Waals surface area contributed by atoms with E-state index in [0.717, 1.165) is 11.1 Å². The first-order chi connectivity index (χ1) is 13.1. The number of aromatic nitrogens is 2. The molecule has 8 heteroatoms. The second-order valence-corrected chi connectivity index (χ2v) is 6.35. The van der Waals surface area contributed by atoms with Crippen LogP contribution in [0.4, 0.5) is 0 Å². The summed E-state index contributed by atoms with van der Waals surface area (Å²) in [6, 6.07) is 12.6. The van der Waals surface area contributed by atoms with Crippen LogP contribution in [0.2, 0.25) is 0 Å². The highest BCUT2D eigenvalue weighted by molar-refractivity contribution is 7.98. The summed E-state index contributed by atoms with van der Waals surface area (Å²) in [5, 5.41) is 8.58. The Morgan fingerprint density at radius 3 is 2.59 bits per heavy atom. The van der Waals surface area contributed by atoms with Crippen LogP contribution in [0.25, 0.3) is 11.5 Å². The zero-order valence-electron chi connectivity index (χ0n) is 15.1. The Morgan fingerprint density at radius 2 is 1.85 bits per heavy atom. The number of benzene rings is 2. The molecule has 2 aromatic carbocycles. The topological polar surface area (TPSA) is 83.7 Å². The number of carbonyl (C=O) groups is 1. The Hall–Kier alpha value is -3.00. The highest BCUT2D eigenvalue weighted by atomic mass is 32.2. The molecule has 0 unspecified atom stereocenters. The van der Waals surface area contributed by atoms with Crippen molar-refractivity contribution in [2.24, 2.45) is 0 Å². The number of esters is 1. The monoisotopic (exact) mass is 386 g/mol. The molecule has 7 nitrogen and oxygen atoms in total. The van der Waals surface area contributed by atoms with Crippen molar-refractivity contribution in [3.05, 3.63) is 53.6 Å². The molecule has 0 aliphatic heterocycles. The second-order valence-electron chi connectivity index (χ2n) is 5.42. The van der Waals surface area contributed by atoms with E-state index >= 15 is 0 Å². The van der Waals surface area contributed by atoms with Crippen molar-refractivity contribution < 1.29 is 23.4 Å². The van der Waals surface area contributed by atoms with E-state index in [1.165, 1.54) is 18.9 Å². The average molecular weight is 386 g/mol. The predicted octanol–water partition coefficient (Wildman–Crippen LogP) is 3.83. The third-order valence-electron chi connectivity index (χ3n) is 3.75. The molecule has 0 aliphatic rings. The van der Waals surface area contributed by atoms with Crippen LogP contribution in [0.1, 0.15) is 15.9 Å². The third-order valence-corrected chi connectivity index (χ3v) is 4.64. The van der Waals surface area contributed by atoms with Crippen molar-refractivity contribution in [1.29, 1.82) is 0 Å². The number of ether oxygens (including phenoxy) is 3. The van der Waals surface area contributed by atoms with E-state index in [-0.39, 0.29) is 5.97 Å². The molecular formula is C19H18N2O5S. The van der Waals surface area contributed by atoms with Crippen molar-refractivity contribution in [3.8, 4) is 23.0 Å². The van der Waals surface area contributed by atoms with Crippen molar-refractivity contribution in [2.45, 2.75) is 11.0 Å². The number of methoxy groups -OCH3 is 3. The molecule has 27 heavy (non-hydrogen) atoms. The van der Waals surface area contributed by atoms with Crippen molar-refractivity contribution >= 4 is 17.7 Å². The zero-order chi connectivity index (χ0) is 19.2. The van der Waals surface area contributed by atoms with Crippen molar-refractivity contribution in [1.82, 2.24) is 10.2 Å². The summed E-state index contributed by atoms with van der Waals surface area (Å²) in [7, 11) is 4.51. The molecule has 140 valence electrons. The molecule has 0 spiro atoms. The van der Waals surface area contributed by atoms with Crippen molar-refractivity contribution in [3.63, 3.8) is 0 Å². The molecule has 0 atom stereocenters. The molecule has 0 saturated carbocycles. The SMILES string of the molecule is COC(=O)c1cccc(CSc2nnc(-c3ccc(OC)c(OC)c3)o2)c1. The Kier molecular flexibility index (Phi) is 5.97.